The zero-order valence-corrected chi connectivity index (χ0v) is 10.8. The fourth-order valence-corrected chi connectivity index (χ4v) is 2.41. The number of allylic oxidation sites excluding steroid dienone is 1. The molecule has 0 radical (unpaired) electrons. The molecule has 0 aromatic heterocycles. The summed E-state index contributed by atoms with van der Waals surface area (Å²) in [5.74, 6) is -0.774. The second-order valence-electron chi connectivity index (χ2n) is 4.69. The Morgan fingerprint density at radius 2 is 2.00 bits per heavy atom. The van der Waals surface area contributed by atoms with E-state index in [0.717, 1.165) is 29.7 Å². The number of ketones is 1. The van der Waals surface area contributed by atoms with E-state index in [9.17, 15) is 9.59 Å². The Labute approximate surface area is 107 Å². The minimum atomic E-state index is -0.400. The van der Waals surface area contributed by atoms with Gasteiger partial charge in [-0.05, 0) is 43.9 Å². The minimum Gasteiger partial charge on any atom is -0.305 e. The molecule has 3 nitrogen and oxygen atoms in total. The van der Waals surface area contributed by atoms with E-state index in [0.29, 0.717) is 12.1 Å². The van der Waals surface area contributed by atoms with Crippen LogP contribution in [0.4, 0.5) is 5.69 Å². The molecule has 0 saturated carbocycles. The molecular formula is C15H17NO2. The van der Waals surface area contributed by atoms with Crippen molar-refractivity contribution in [2.75, 3.05) is 11.4 Å². The molecule has 1 aliphatic rings. The number of benzene rings is 1. The molecular weight excluding hydrogens is 226 g/mol. The first-order valence-corrected chi connectivity index (χ1v) is 6.14. The van der Waals surface area contributed by atoms with Crippen LogP contribution in [0.25, 0.3) is 0 Å². The normalized spacial score (nSPS) is 14.0. The van der Waals surface area contributed by atoms with Crippen LogP contribution in [0.5, 0.6) is 0 Å². The molecule has 0 saturated heterocycles. The number of rotatable bonds is 4. The number of nitrogens with zero attached hydrogens (tertiary/aromatic N) is 1. The van der Waals surface area contributed by atoms with Crippen molar-refractivity contribution < 1.29 is 9.59 Å². The summed E-state index contributed by atoms with van der Waals surface area (Å²) in [6, 6.07) is 3.86. The van der Waals surface area contributed by atoms with Crippen LogP contribution in [-0.2, 0) is 4.79 Å². The van der Waals surface area contributed by atoms with E-state index < -0.39 is 5.91 Å². The molecule has 1 heterocycles. The minimum absolute atomic E-state index is 0.374. The number of hydrogen-bond acceptors (Lipinski definition) is 2. The lowest BCUT2D eigenvalue weighted by molar-refractivity contribution is -0.114. The molecule has 94 valence electrons. The maximum atomic E-state index is 12.0. The van der Waals surface area contributed by atoms with Crippen LogP contribution >= 0.6 is 0 Å². The van der Waals surface area contributed by atoms with Crippen LogP contribution in [0.15, 0.2) is 24.8 Å². The van der Waals surface area contributed by atoms with Crippen LogP contribution in [0.2, 0.25) is 0 Å². The predicted molar refractivity (Wildman–Crippen MR) is 72.0 cm³/mol. The van der Waals surface area contributed by atoms with E-state index in [4.69, 9.17) is 0 Å². The maximum absolute atomic E-state index is 12.0. The molecule has 1 amide bonds. The van der Waals surface area contributed by atoms with Gasteiger partial charge in [-0.2, -0.15) is 0 Å². The summed E-state index contributed by atoms with van der Waals surface area (Å²) in [4.78, 5) is 25.5. The third-order valence-corrected chi connectivity index (χ3v) is 3.21. The smallest absolute Gasteiger partial charge is 0.299 e. The summed E-state index contributed by atoms with van der Waals surface area (Å²) in [6.07, 6.45) is 3.50. The van der Waals surface area contributed by atoms with Crippen molar-refractivity contribution in [3.8, 4) is 0 Å². The van der Waals surface area contributed by atoms with Gasteiger partial charge in [0.15, 0.2) is 0 Å². The zero-order valence-electron chi connectivity index (χ0n) is 10.8. The molecule has 0 N–H and O–H groups in total. The number of carbonyl (C=O) groups excluding carboxylic acids is 2. The molecule has 1 aromatic rings. The molecule has 1 aliphatic heterocycles. The highest BCUT2D eigenvalue weighted by molar-refractivity contribution is 6.52. The van der Waals surface area contributed by atoms with E-state index in [1.165, 1.54) is 0 Å². The van der Waals surface area contributed by atoms with Gasteiger partial charge in [-0.3, -0.25) is 9.59 Å². The van der Waals surface area contributed by atoms with Crippen LogP contribution in [0, 0.1) is 13.8 Å². The summed E-state index contributed by atoms with van der Waals surface area (Å²) in [5.41, 5.74) is 3.30. The topological polar surface area (TPSA) is 37.4 Å². The van der Waals surface area contributed by atoms with Crippen molar-refractivity contribution >= 4 is 17.4 Å². The second-order valence-corrected chi connectivity index (χ2v) is 4.69. The quantitative estimate of drug-likeness (QED) is 0.463. The fourth-order valence-electron chi connectivity index (χ4n) is 2.41. The number of aryl methyl sites for hydroxylation is 2. The number of Topliss-reactive ketones (excluding diaryl/α,β-unsaturated/α-hetero) is 1. The van der Waals surface area contributed by atoms with Gasteiger partial charge >= 0.3 is 0 Å². The van der Waals surface area contributed by atoms with Gasteiger partial charge in [0.2, 0.25) is 0 Å². The number of unbranched alkanes of at least 4 members (excludes halogenated alkanes) is 1. The zero-order chi connectivity index (χ0) is 13.3. The van der Waals surface area contributed by atoms with E-state index >= 15 is 0 Å². The van der Waals surface area contributed by atoms with Crippen LogP contribution in [-0.4, -0.2) is 18.2 Å². The van der Waals surface area contributed by atoms with E-state index in [-0.39, 0.29) is 5.78 Å². The van der Waals surface area contributed by atoms with E-state index in [1.54, 1.807) is 4.90 Å². The number of anilines is 1. The largest absolute Gasteiger partial charge is 0.305 e. The summed E-state index contributed by atoms with van der Waals surface area (Å²) in [5, 5.41) is 0. The molecule has 0 unspecified atom stereocenters. The highest BCUT2D eigenvalue weighted by Crippen LogP contribution is 2.32. The standard InChI is InChI=1S/C15H17NO2/c1-4-5-6-7-16-12-9-10(2)8-11(3)13(12)14(17)15(16)18/h4,8-9H,1,5-7H2,2-3H3. The Balaban J connectivity index is 2.38. The Bertz CT molecular complexity index is 532. The molecule has 0 spiro atoms. The van der Waals surface area contributed by atoms with E-state index in [1.807, 2.05) is 32.1 Å². The van der Waals surface area contributed by atoms with Crippen LogP contribution < -0.4 is 4.90 Å². The number of fused-ring (bicyclic) bond motifs is 1. The first-order valence-electron chi connectivity index (χ1n) is 6.14. The van der Waals surface area contributed by atoms with Crippen molar-refractivity contribution in [3.05, 3.63) is 41.5 Å². The van der Waals surface area contributed by atoms with Gasteiger partial charge < -0.3 is 4.90 Å². The molecule has 18 heavy (non-hydrogen) atoms. The molecule has 0 atom stereocenters. The lowest BCUT2D eigenvalue weighted by atomic mass is 10.0. The lowest BCUT2D eigenvalue weighted by Crippen LogP contribution is -2.30. The third-order valence-electron chi connectivity index (χ3n) is 3.21. The molecule has 0 bridgehead atoms. The maximum Gasteiger partial charge on any atom is 0.299 e. The van der Waals surface area contributed by atoms with E-state index in [2.05, 4.69) is 6.58 Å². The van der Waals surface area contributed by atoms with Crippen molar-refractivity contribution in [2.45, 2.75) is 26.7 Å². The summed E-state index contributed by atoms with van der Waals surface area (Å²) in [7, 11) is 0. The first kappa shape index (κ1) is 12.6. The van der Waals surface area contributed by atoms with Gasteiger partial charge in [0.05, 0.1) is 11.3 Å². The average molecular weight is 243 g/mol. The molecule has 0 fully saturated rings. The first-order chi connectivity index (χ1) is 8.56. The summed E-state index contributed by atoms with van der Waals surface area (Å²) < 4.78 is 0. The van der Waals surface area contributed by atoms with Crippen molar-refractivity contribution in [1.29, 1.82) is 0 Å². The van der Waals surface area contributed by atoms with Gasteiger partial charge in [0.1, 0.15) is 0 Å². The van der Waals surface area contributed by atoms with Gasteiger partial charge in [-0.15, -0.1) is 6.58 Å². The molecule has 1 aromatic carbocycles. The number of carbonyl (C=O) groups is 2. The second kappa shape index (κ2) is 4.77. The Kier molecular flexibility index (Phi) is 3.32. The molecule has 0 aliphatic carbocycles. The summed E-state index contributed by atoms with van der Waals surface area (Å²) in [6.45, 7) is 8.09. The van der Waals surface area contributed by atoms with Gasteiger partial charge in [0, 0.05) is 6.54 Å². The monoisotopic (exact) mass is 243 g/mol. The third kappa shape index (κ3) is 1.96. The molecule has 2 rings (SSSR count). The molecule has 3 heteroatoms. The van der Waals surface area contributed by atoms with Crippen LogP contribution in [0.3, 0.4) is 0 Å². The number of amides is 1. The Hall–Kier alpha value is -1.90. The Morgan fingerprint density at radius 3 is 2.67 bits per heavy atom. The Morgan fingerprint density at radius 1 is 1.28 bits per heavy atom. The average Bonchev–Trinajstić information content (AvgIpc) is 2.54. The SMILES string of the molecule is C=CCCCN1C(=O)C(=O)c2c(C)cc(C)cc21. The van der Waals surface area contributed by atoms with Crippen molar-refractivity contribution in [1.82, 2.24) is 0 Å². The lowest BCUT2D eigenvalue weighted by Gasteiger charge is -2.16. The van der Waals surface area contributed by atoms with Gasteiger partial charge in [0.25, 0.3) is 11.7 Å². The van der Waals surface area contributed by atoms with Crippen molar-refractivity contribution in [3.63, 3.8) is 0 Å². The van der Waals surface area contributed by atoms with Crippen molar-refractivity contribution in [2.24, 2.45) is 0 Å². The predicted octanol–water partition coefficient (Wildman–Crippen LogP) is 2.80. The fraction of sp³-hybridized carbons (Fsp3) is 0.333. The van der Waals surface area contributed by atoms with Gasteiger partial charge in [-0.1, -0.05) is 12.1 Å². The van der Waals surface area contributed by atoms with Gasteiger partial charge in [-0.25, -0.2) is 0 Å². The highest BCUT2D eigenvalue weighted by atomic mass is 16.2. The summed E-state index contributed by atoms with van der Waals surface area (Å²) >= 11 is 0. The van der Waals surface area contributed by atoms with Crippen LogP contribution in [0.1, 0.15) is 34.3 Å². The highest BCUT2D eigenvalue weighted by Gasteiger charge is 2.36. The number of hydrogen-bond donors (Lipinski definition) is 0.